The summed E-state index contributed by atoms with van der Waals surface area (Å²) < 4.78 is 6.15. The van der Waals surface area contributed by atoms with E-state index in [1.54, 1.807) is 24.3 Å². The Morgan fingerprint density at radius 3 is 2.29 bits per heavy atom. The van der Waals surface area contributed by atoms with Gasteiger partial charge in [-0.1, -0.05) is 67.6 Å². The van der Waals surface area contributed by atoms with Crippen LogP contribution >= 0.6 is 0 Å². The lowest BCUT2D eigenvalue weighted by Gasteiger charge is -2.22. The number of nitrogens with zero attached hydrogens (tertiary/aromatic N) is 1. The molecule has 4 nitrogen and oxygen atoms in total. The maximum atomic E-state index is 13.0. The first kappa shape index (κ1) is 19.3. The standard InChI is InChI=1S/C27H23NO3/c1-18-8-7-12-23-25(18)27(30)28(26(23)29)20-14-16-21(17-15-20)31-24-13-6-5-11-22(24)19-9-3-2-4-10-19/h2-11,13-18,23,25H,12H2,1H3/t18-,23+,25+/m1/s1. The Morgan fingerprint density at radius 2 is 1.55 bits per heavy atom. The summed E-state index contributed by atoms with van der Waals surface area (Å²) in [6, 6.07) is 25.1. The minimum atomic E-state index is -0.258. The molecule has 0 radical (unpaired) electrons. The summed E-state index contributed by atoms with van der Waals surface area (Å²) in [5.41, 5.74) is 2.68. The van der Waals surface area contributed by atoms with Crippen LogP contribution in [0.25, 0.3) is 11.1 Å². The molecule has 0 aromatic heterocycles. The third-order valence-corrected chi connectivity index (χ3v) is 6.17. The van der Waals surface area contributed by atoms with Gasteiger partial charge in [0.2, 0.25) is 11.8 Å². The van der Waals surface area contributed by atoms with Crippen LogP contribution in [0.1, 0.15) is 13.3 Å². The second kappa shape index (κ2) is 7.88. The number of hydrogen-bond donors (Lipinski definition) is 0. The number of benzene rings is 3. The quantitative estimate of drug-likeness (QED) is 0.401. The van der Waals surface area contributed by atoms with Gasteiger partial charge in [-0.25, -0.2) is 0 Å². The molecule has 154 valence electrons. The lowest BCUT2D eigenvalue weighted by molar-refractivity contribution is -0.122. The summed E-state index contributed by atoms with van der Waals surface area (Å²) in [7, 11) is 0. The van der Waals surface area contributed by atoms with Crippen LogP contribution in [-0.4, -0.2) is 11.8 Å². The van der Waals surface area contributed by atoms with E-state index in [0.29, 0.717) is 17.9 Å². The zero-order valence-electron chi connectivity index (χ0n) is 17.3. The van der Waals surface area contributed by atoms with E-state index in [9.17, 15) is 9.59 Å². The molecular formula is C27H23NO3. The van der Waals surface area contributed by atoms with E-state index < -0.39 is 0 Å². The Bertz CT molecular complexity index is 1150. The number of carbonyl (C=O) groups is 2. The van der Waals surface area contributed by atoms with Crippen LogP contribution in [0.2, 0.25) is 0 Å². The van der Waals surface area contributed by atoms with Crippen molar-refractivity contribution >= 4 is 17.5 Å². The van der Waals surface area contributed by atoms with Crippen LogP contribution in [0.5, 0.6) is 11.5 Å². The normalized spacial score (nSPS) is 22.5. The predicted molar refractivity (Wildman–Crippen MR) is 121 cm³/mol. The predicted octanol–water partition coefficient (Wildman–Crippen LogP) is 5.85. The van der Waals surface area contributed by atoms with Crippen molar-refractivity contribution < 1.29 is 14.3 Å². The van der Waals surface area contributed by atoms with Gasteiger partial charge in [0, 0.05) is 5.56 Å². The molecule has 0 spiro atoms. The van der Waals surface area contributed by atoms with Crippen LogP contribution in [-0.2, 0) is 9.59 Å². The van der Waals surface area contributed by atoms with Crippen molar-refractivity contribution in [2.75, 3.05) is 4.90 Å². The van der Waals surface area contributed by atoms with Gasteiger partial charge in [-0.3, -0.25) is 14.5 Å². The maximum Gasteiger partial charge on any atom is 0.238 e. The maximum absolute atomic E-state index is 13.0. The zero-order chi connectivity index (χ0) is 21.4. The van der Waals surface area contributed by atoms with E-state index in [-0.39, 0.29) is 29.6 Å². The molecule has 2 aliphatic rings. The fourth-order valence-electron chi connectivity index (χ4n) is 4.60. The van der Waals surface area contributed by atoms with Gasteiger partial charge < -0.3 is 4.74 Å². The van der Waals surface area contributed by atoms with Crippen molar-refractivity contribution in [1.29, 1.82) is 0 Å². The molecule has 1 fully saturated rings. The summed E-state index contributed by atoms with van der Waals surface area (Å²) in [6.45, 7) is 2.00. The smallest absolute Gasteiger partial charge is 0.238 e. The van der Waals surface area contributed by atoms with Crippen molar-refractivity contribution in [2.45, 2.75) is 13.3 Å². The van der Waals surface area contributed by atoms with Crippen LogP contribution in [0.15, 0.2) is 91.0 Å². The van der Waals surface area contributed by atoms with Crippen molar-refractivity contribution in [3.63, 3.8) is 0 Å². The average molecular weight is 409 g/mol. The van der Waals surface area contributed by atoms with E-state index in [4.69, 9.17) is 4.74 Å². The number of fused-ring (bicyclic) bond motifs is 1. The number of carbonyl (C=O) groups excluding carboxylic acids is 2. The Labute approximate surface area is 181 Å². The largest absolute Gasteiger partial charge is 0.457 e. The highest BCUT2D eigenvalue weighted by Gasteiger charge is 2.50. The van der Waals surface area contributed by atoms with Crippen LogP contribution < -0.4 is 9.64 Å². The van der Waals surface area contributed by atoms with Gasteiger partial charge in [-0.2, -0.15) is 0 Å². The first-order chi connectivity index (χ1) is 15.1. The summed E-state index contributed by atoms with van der Waals surface area (Å²) in [5, 5.41) is 0. The molecule has 1 saturated heterocycles. The molecule has 3 aromatic carbocycles. The molecular weight excluding hydrogens is 386 g/mol. The van der Waals surface area contributed by atoms with E-state index in [2.05, 4.69) is 0 Å². The van der Waals surface area contributed by atoms with Gasteiger partial charge in [0.05, 0.1) is 17.5 Å². The number of para-hydroxylation sites is 1. The van der Waals surface area contributed by atoms with Crippen LogP contribution in [0, 0.1) is 17.8 Å². The van der Waals surface area contributed by atoms with Gasteiger partial charge in [-0.15, -0.1) is 0 Å². The summed E-state index contributed by atoms with van der Waals surface area (Å²) in [5.74, 6) is 0.772. The number of hydrogen-bond acceptors (Lipinski definition) is 3. The summed E-state index contributed by atoms with van der Waals surface area (Å²) in [4.78, 5) is 27.2. The molecule has 1 heterocycles. The monoisotopic (exact) mass is 409 g/mol. The van der Waals surface area contributed by atoms with Gasteiger partial charge in [-0.05, 0) is 48.2 Å². The minimum Gasteiger partial charge on any atom is -0.457 e. The number of ether oxygens (including phenoxy) is 1. The fraction of sp³-hybridized carbons (Fsp3) is 0.185. The Hall–Kier alpha value is -3.66. The molecule has 31 heavy (non-hydrogen) atoms. The first-order valence-corrected chi connectivity index (χ1v) is 10.6. The third-order valence-electron chi connectivity index (χ3n) is 6.17. The van der Waals surface area contributed by atoms with Crippen molar-refractivity contribution in [3.05, 3.63) is 91.0 Å². The third kappa shape index (κ3) is 3.44. The van der Waals surface area contributed by atoms with E-state index in [1.165, 1.54) is 4.90 Å². The summed E-state index contributed by atoms with van der Waals surface area (Å²) >= 11 is 0. The van der Waals surface area contributed by atoms with Crippen molar-refractivity contribution in [3.8, 4) is 22.6 Å². The highest BCUT2D eigenvalue weighted by atomic mass is 16.5. The second-order valence-corrected chi connectivity index (χ2v) is 8.13. The van der Waals surface area contributed by atoms with Gasteiger partial charge in [0.1, 0.15) is 11.5 Å². The SMILES string of the molecule is C[C@@H]1C=CC[C@@H]2C(=O)N(c3ccc(Oc4ccccc4-c4ccccc4)cc3)C(=O)[C@@H]12. The lowest BCUT2D eigenvalue weighted by Crippen LogP contribution is -2.31. The number of allylic oxidation sites excluding steroid dienone is 2. The van der Waals surface area contributed by atoms with Gasteiger partial charge in [0.15, 0.2) is 0 Å². The minimum absolute atomic E-state index is 0.0808. The molecule has 0 saturated carbocycles. The van der Waals surface area contributed by atoms with Crippen molar-refractivity contribution in [1.82, 2.24) is 0 Å². The van der Waals surface area contributed by atoms with Gasteiger partial charge >= 0.3 is 0 Å². The topological polar surface area (TPSA) is 46.6 Å². The highest BCUT2D eigenvalue weighted by molar-refractivity contribution is 6.22. The molecule has 0 N–H and O–H groups in total. The molecule has 1 aliphatic carbocycles. The first-order valence-electron chi connectivity index (χ1n) is 10.6. The molecule has 1 aliphatic heterocycles. The Morgan fingerprint density at radius 1 is 0.839 bits per heavy atom. The molecule has 4 heteroatoms. The Kier molecular flexibility index (Phi) is 4.91. The zero-order valence-corrected chi connectivity index (χ0v) is 17.3. The molecule has 2 amide bonds. The van der Waals surface area contributed by atoms with Gasteiger partial charge in [0.25, 0.3) is 0 Å². The number of rotatable bonds is 4. The average Bonchev–Trinajstić information content (AvgIpc) is 3.06. The Balaban J connectivity index is 1.39. The second-order valence-electron chi connectivity index (χ2n) is 8.13. The van der Waals surface area contributed by atoms with Crippen LogP contribution in [0.4, 0.5) is 5.69 Å². The highest BCUT2D eigenvalue weighted by Crippen LogP contribution is 2.41. The van der Waals surface area contributed by atoms with E-state index in [0.717, 1.165) is 16.9 Å². The van der Waals surface area contributed by atoms with E-state index in [1.807, 2.05) is 73.7 Å². The lowest BCUT2D eigenvalue weighted by atomic mass is 9.78. The fourth-order valence-corrected chi connectivity index (χ4v) is 4.60. The van der Waals surface area contributed by atoms with Crippen molar-refractivity contribution in [2.24, 2.45) is 17.8 Å². The number of amides is 2. The molecule has 0 unspecified atom stereocenters. The summed E-state index contributed by atoms with van der Waals surface area (Å²) in [6.07, 6.45) is 4.69. The molecule has 5 rings (SSSR count). The van der Waals surface area contributed by atoms with E-state index >= 15 is 0 Å². The molecule has 3 aromatic rings. The van der Waals surface area contributed by atoms with Crippen LogP contribution in [0.3, 0.4) is 0 Å². The molecule has 3 atom stereocenters. The number of imide groups is 1. The molecule has 0 bridgehead atoms. The number of anilines is 1.